The molecule has 3 fully saturated rings. The van der Waals surface area contributed by atoms with Gasteiger partial charge in [-0.05, 0) is 39.3 Å². The molecule has 3 saturated heterocycles. The van der Waals surface area contributed by atoms with E-state index in [0.717, 1.165) is 40.5 Å². The number of hydrogen-bond donors (Lipinski definition) is 4. The lowest BCUT2D eigenvalue weighted by atomic mass is 9.94. The third kappa shape index (κ3) is 18.1. The number of alkyl halides is 3. The van der Waals surface area contributed by atoms with E-state index in [-0.39, 0.29) is 12.2 Å². The molecule has 0 saturated carbocycles. The molecule has 1 aromatic rings. The number of hydrogen-bond acceptors (Lipinski definition) is 22. The van der Waals surface area contributed by atoms with Crippen LogP contribution in [0.1, 0.15) is 91.9 Å². The SMILES string of the molecule is CCCCCO[C@@H]1O[C@H](COC(=O)c2ccccc2)[C@@H](O[C@@H]2O[C@H](COC(=O)C(C)(C)C)[C@H](OC(C)=O)[C@H](O[C@@H]3O[C@H](COC(C)=O)[C@@H](OC(C)=O)[C@H](O)[C@H]3NC(=O)C(Cl)(Cl)Cl)[C@H]2OC(C)=O)[C@H](O)[C@H]1NC(C)=O. The Morgan fingerprint density at radius 2 is 1.09 bits per heavy atom. The average Bonchev–Trinajstić information content (AvgIpc) is 3.30. The summed E-state index contributed by atoms with van der Waals surface area (Å²) in [4.78, 5) is 103. The molecule has 4 rings (SSSR count). The largest absolute Gasteiger partial charge is 0.463 e. The molecule has 0 aromatic heterocycles. The van der Waals surface area contributed by atoms with Crippen LogP contribution in [0.15, 0.2) is 30.3 Å². The Morgan fingerprint density at radius 1 is 0.595 bits per heavy atom. The summed E-state index contributed by atoms with van der Waals surface area (Å²) in [5, 5.41) is 29.0. The van der Waals surface area contributed by atoms with Crippen molar-refractivity contribution in [1.82, 2.24) is 10.6 Å². The molecule has 0 aliphatic carbocycles. The monoisotopic (exact) mass is 1110 g/mol. The second-order valence-corrected chi connectivity index (χ2v) is 20.7. The van der Waals surface area contributed by atoms with E-state index in [0.29, 0.717) is 6.42 Å². The fourth-order valence-electron chi connectivity index (χ4n) is 7.83. The van der Waals surface area contributed by atoms with Crippen LogP contribution in [0.2, 0.25) is 0 Å². The smallest absolute Gasteiger partial charge is 0.338 e. The van der Waals surface area contributed by atoms with Crippen molar-refractivity contribution in [2.45, 2.75) is 177 Å². The number of carbonyl (C=O) groups excluding carboxylic acids is 8. The number of benzene rings is 1. The summed E-state index contributed by atoms with van der Waals surface area (Å²) in [5.74, 6) is -7.46. The Bertz CT molecular complexity index is 2090. The number of ether oxygens (including phenoxy) is 12. The lowest BCUT2D eigenvalue weighted by molar-refractivity contribution is -0.370. The van der Waals surface area contributed by atoms with Crippen LogP contribution < -0.4 is 10.6 Å². The number of rotatable bonds is 21. The number of aliphatic hydroxyl groups excluding tert-OH is 2. The van der Waals surface area contributed by atoms with Gasteiger partial charge in [0.1, 0.15) is 74.6 Å². The Hall–Kier alpha value is -4.47. The molecule has 15 atom stereocenters. The van der Waals surface area contributed by atoms with Crippen LogP contribution in [0.25, 0.3) is 0 Å². The van der Waals surface area contributed by atoms with E-state index in [9.17, 15) is 48.6 Å². The molecule has 1 aromatic carbocycles. The minimum absolute atomic E-state index is 0.111. The highest BCUT2D eigenvalue weighted by molar-refractivity contribution is 6.76. The minimum Gasteiger partial charge on any atom is -0.463 e. The summed E-state index contributed by atoms with van der Waals surface area (Å²) in [6.07, 6.45) is -21.2. The Kier molecular flexibility index (Phi) is 23.5. The first-order valence-electron chi connectivity index (χ1n) is 23.6. The van der Waals surface area contributed by atoms with Crippen molar-refractivity contribution >= 4 is 82.4 Å². The normalized spacial score (nSPS) is 30.2. The van der Waals surface area contributed by atoms with Crippen molar-refractivity contribution in [1.29, 1.82) is 0 Å². The maximum absolute atomic E-state index is 13.3. The van der Waals surface area contributed by atoms with E-state index < -0.39 is 169 Å². The molecule has 24 nitrogen and oxygen atoms in total. The van der Waals surface area contributed by atoms with Crippen LogP contribution in [-0.4, -0.2) is 180 Å². The van der Waals surface area contributed by atoms with E-state index in [1.54, 1.807) is 39.0 Å². The van der Waals surface area contributed by atoms with Crippen molar-refractivity contribution < 1.29 is 105 Å². The second kappa shape index (κ2) is 28.1. The zero-order chi connectivity index (χ0) is 55.2. The maximum Gasteiger partial charge on any atom is 0.338 e. The summed E-state index contributed by atoms with van der Waals surface area (Å²) >= 11 is 17.8. The summed E-state index contributed by atoms with van der Waals surface area (Å²) in [6, 6.07) is 4.55. The summed E-state index contributed by atoms with van der Waals surface area (Å²) < 4.78 is 68.6. The molecule has 416 valence electrons. The maximum atomic E-state index is 13.3. The topological polar surface area (TPSA) is 312 Å². The van der Waals surface area contributed by atoms with Gasteiger partial charge in [0.2, 0.25) is 5.91 Å². The van der Waals surface area contributed by atoms with Crippen molar-refractivity contribution in [3.63, 3.8) is 0 Å². The molecule has 27 heteroatoms. The van der Waals surface area contributed by atoms with Gasteiger partial charge < -0.3 is 77.7 Å². The lowest BCUT2D eigenvalue weighted by Gasteiger charge is -2.50. The molecule has 3 aliphatic heterocycles. The molecular weight excluding hydrogens is 1050 g/mol. The van der Waals surface area contributed by atoms with Crippen LogP contribution in [0.4, 0.5) is 0 Å². The quantitative estimate of drug-likeness (QED) is 0.0592. The van der Waals surface area contributed by atoms with Crippen LogP contribution >= 0.6 is 34.8 Å². The Labute approximate surface area is 442 Å². The van der Waals surface area contributed by atoms with Gasteiger partial charge in [0, 0.05) is 41.2 Å². The lowest BCUT2D eigenvalue weighted by Crippen LogP contribution is -2.70. The molecule has 4 N–H and O–H groups in total. The third-order valence-corrected chi connectivity index (χ3v) is 11.7. The van der Waals surface area contributed by atoms with Crippen molar-refractivity contribution in [2.75, 3.05) is 26.4 Å². The van der Waals surface area contributed by atoms with Crippen LogP contribution in [-0.2, 0) is 90.4 Å². The number of amides is 2. The highest BCUT2D eigenvalue weighted by Crippen LogP contribution is 2.37. The van der Waals surface area contributed by atoms with Crippen LogP contribution in [0, 0.1) is 5.41 Å². The number of aliphatic hydroxyl groups is 2. The number of esters is 6. The number of nitrogens with one attached hydrogen (secondary N) is 2. The molecule has 3 aliphatic rings. The molecular formula is C47H65Cl3N2O22. The van der Waals surface area contributed by atoms with Crippen LogP contribution in [0.5, 0.6) is 0 Å². The van der Waals surface area contributed by atoms with E-state index in [2.05, 4.69) is 10.6 Å². The molecule has 0 spiro atoms. The van der Waals surface area contributed by atoms with Gasteiger partial charge in [-0.25, -0.2) is 4.79 Å². The van der Waals surface area contributed by atoms with Gasteiger partial charge in [-0.2, -0.15) is 0 Å². The Balaban J connectivity index is 1.93. The minimum atomic E-state index is -2.71. The van der Waals surface area contributed by atoms with Crippen molar-refractivity contribution in [3.05, 3.63) is 35.9 Å². The first kappa shape index (κ1) is 62.1. The summed E-state index contributed by atoms with van der Waals surface area (Å²) in [7, 11) is 0. The first-order valence-corrected chi connectivity index (χ1v) is 24.7. The van der Waals surface area contributed by atoms with E-state index in [1.165, 1.54) is 19.1 Å². The zero-order valence-electron chi connectivity index (χ0n) is 42.2. The van der Waals surface area contributed by atoms with Gasteiger partial charge in [0.15, 0.2) is 37.2 Å². The average molecular weight is 1120 g/mol. The van der Waals surface area contributed by atoms with Gasteiger partial charge in [0.05, 0.1) is 11.0 Å². The van der Waals surface area contributed by atoms with Gasteiger partial charge in [-0.1, -0.05) is 72.8 Å². The van der Waals surface area contributed by atoms with Gasteiger partial charge in [0.25, 0.3) is 9.70 Å². The van der Waals surface area contributed by atoms with Gasteiger partial charge in [-0.3, -0.25) is 33.6 Å². The fourth-order valence-corrected chi connectivity index (χ4v) is 7.99. The van der Waals surface area contributed by atoms with Gasteiger partial charge in [-0.15, -0.1) is 0 Å². The predicted octanol–water partition coefficient (Wildman–Crippen LogP) is 2.02. The molecule has 74 heavy (non-hydrogen) atoms. The molecule has 0 radical (unpaired) electrons. The first-order chi connectivity index (χ1) is 34.6. The van der Waals surface area contributed by atoms with E-state index in [1.807, 2.05) is 6.92 Å². The Morgan fingerprint density at radius 3 is 1.66 bits per heavy atom. The molecule has 2 amide bonds. The second-order valence-electron chi connectivity index (χ2n) is 18.5. The number of unbranched alkanes of at least 4 members (excludes halogenated alkanes) is 2. The van der Waals surface area contributed by atoms with Crippen molar-refractivity contribution in [2.24, 2.45) is 5.41 Å². The standard InChI is InChI=1S/C47H65Cl3N2O22/c1-10-11-15-18-63-41-31(51-22(2)53)33(58)36(29(70-41)20-65-40(60)27-16-13-12-14-17-27)73-43-39(69-26(6)57)38(37(68-25(5)56)30(72-43)21-66-45(62)46(7,8)9)74-42-32(52-44(61)47(48,49)50)34(59)35(67-24(4)55)28(71-42)19-64-23(3)54/h12-14,16-17,28-39,41-43,58-59H,10-11,15,18-21H2,1-9H3,(H,51,53)(H,52,61)/t28-,29-,30-,31-,32-,33-,34-,35-,36-,37+,38+,39-,41-,42+,43+/m1/s1. The molecule has 0 unspecified atom stereocenters. The molecule has 3 heterocycles. The molecule has 0 bridgehead atoms. The summed E-state index contributed by atoms with van der Waals surface area (Å²) in [6.45, 7) is 9.77. The number of carbonyl (C=O) groups is 8. The fraction of sp³-hybridized carbons (Fsp3) is 0.702. The summed E-state index contributed by atoms with van der Waals surface area (Å²) in [5.41, 5.74) is -0.971. The predicted molar refractivity (Wildman–Crippen MR) is 253 cm³/mol. The highest BCUT2D eigenvalue weighted by Gasteiger charge is 2.58. The van der Waals surface area contributed by atoms with E-state index in [4.69, 9.17) is 91.6 Å². The highest BCUT2D eigenvalue weighted by atomic mass is 35.6. The van der Waals surface area contributed by atoms with Gasteiger partial charge >= 0.3 is 35.8 Å². The third-order valence-electron chi connectivity index (χ3n) is 11.2. The number of halogens is 3. The zero-order valence-corrected chi connectivity index (χ0v) is 44.5. The van der Waals surface area contributed by atoms with E-state index >= 15 is 0 Å². The van der Waals surface area contributed by atoms with Crippen molar-refractivity contribution in [3.8, 4) is 0 Å². The van der Waals surface area contributed by atoms with Crippen LogP contribution in [0.3, 0.4) is 0 Å².